The highest BCUT2D eigenvalue weighted by atomic mass is 14.9. The first-order valence-corrected chi connectivity index (χ1v) is 6.38. The molecule has 0 saturated carbocycles. The first-order valence-electron chi connectivity index (χ1n) is 6.38. The maximum Gasteiger partial charge on any atom is 0.117 e. The minimum atomic E-state index is -0.158. The van der Waals surface area contributed by atoms with E-state index < -0.39 is 0 Å². The monoisotopic (exact) mass is 251 g/mol. The van der Waals surface area contributed by atoms with E-state index in [1.54, 1.807) is 0 Å². The van der Waals surface area contributed by atoms with E-state index in [2.05, 4.69) is 43.1 Å². The van der Waals surface area contributed by atoms with Crippen molar-refractivity contribution in [2.45, 2.75) is 19.3 Å². The summed E-state index contributed by atoms with van der Waals surface area (Å²) in [5.41, 5.74) is 9.57. The number of nitrogens with zero attached hydrogens (tertiary/aromatic N) is 1. The number of fused-ring (bicyclic) bond motifs is 1. The number of hydrogen-bond donors (Lipinski definition) is 2. The summed E-state index contributed by atoms with van der Waals surface area (Å²) in [7, 11) is 0. The van der Waals surface area contributed by atoms with E-state index in [0.29, 0.717) is 0 Å². The van der Waals surface area contributed by atoms with Crippen molar-refractivity contribution in [3.8, 4) is 0 Å². The fourth-order valence-electron chi connectivity index (χ4n) is 2.31. The Kier molecular flexibility index (Phi) is 2.56. The van der Waals surface area contributed by atoms with E-state index in [0.717, 1.165) is 22.5 Å². The molecule has 1 aromatic heterocycles. The first kappa shape index (κ1) is 11.8. The van der Waals surface area contributed by atoms with Gasteiger partial charge in [-0.2, -0.15) is 0 Å². The summed E-state index contributed by atoms with van der Waals surface area (Å²) in [5.74, 6) is 0.958. The molecule has 0 saturated heterocycles. The predicted molar refractivity (Wildman–Crippen MR) is 79.1 cm³/mol. The lowest BCUT2D eigenvalue weighted by molar-refractivity contribution is 0.601. The Labute approximate surface area is 112 Å². The lowest BCUT2D eigenvalue weighted by atomic mass is 9.84. The van der Waals surface area contributed by atoms with Crippen LogP contribution in [0.3, 0.4) is 0 Å². The molecule has 1 heterocycles. The van der Waals surface area contributed by atoms with Crippen molar-refractivity contribution in [2.75, 3.05) is 5.73 Å². The molecule has 3 rings (SSSR count). The van der Waals surface area contributed by atoms with Crippen LogP contribution < -0.4 is 5.73 Å². The molecule has 0 spiro atoms. The molecule has 0 aliphatic carbocycles. The quantitative estimate of drug-likeness (QED) is 0.685. The minimum absolute atomic E-state index is 0.158. The zero-order chi connectivity index (χ0) is 13.5. The number of anilines is 1. The summed E-state index contributed by atoms with van der Waals surface area (Å²) in [5, 5.41) is 0. The van der Waals surface area contributed by atoms with Crippen molar-refractivity contribution >= 4 is 16.7 Å². The SMILES string of the molecule is CC(C)(c1ccccc1)c1nc2ccc(N)cc2[nH]1. The van der Waals surface area contributed by atoms with E-state index in [-0.39, 0.29) is 5.41 Å². The van der Waals surface area contributed by atoms with Crippen molar-refractivity contribution in [2.24, 2.45) is 0 Å². The molecule has 0 bridgehead atoms. The van der Waals surface area contributed by atoms with Gasteiger partial charge in [-0.15, -0.1) is 0 Å². The lowest BCUT2D eigenvalue weighted by Crippen LogP contribution is -2.20. The second-order valence-electron chi connectivity index (χ2n) is 5.35. The number of imidazole rings is 1. The topological polar surface area (TPSA) is 54.7 Å². The third kappa shape index (κ3) is 1.97. The molecule has 0 radical (unpaired) electrons. The van der Waals surface area contributed by atoms with Gasteiger partial charge in [-0.3, -0.25) is 0 Å². The molecule has 0 amide bonds. The second-order valence-corrected chi connectivity index (χ2v) is 5.35. The number of nitrogens with two attached hydrogens (primary N) is 1. The lowest BCUT2D eigenvalue weighted by Gasteiger charge is -2.22. The third-order valence-electron chi connectivity index (χ3n) is 3.59. The second kappa shape index (κ2) is 4.12. The maximum atomic E-state index is 5.81. The molecule has 0 aliphatic heterocycles. The van der Waals surface area contributed by atoms with E-state index >= 15 is 0 Å². The Morgan fingerprint density at radius 2 is 1.79 bits per heavy atom. The van der Waals surface area contributed by atoms with Crippen molar-refractivity contribution in [1.82, 2.24) is 9.97 Å². The maximum absolute atomic E-state index is 5.81. The molecule has 3 N–H and O–H groups in total. The van der Waals surface area contributed by atoms with Gasteiger partial charge >= 0.3 is 0 Å². The van der Waals surface area contributed by atoms with Crippen molar-refractivity contribution in [3.05, 3.63) is 59.9 Å². The van der Waals surface area contributed by atoms with E-state index in [9.17, 15) is 0 Å². The Balaban J connectivity index is 2.13. The van der Waals surface area contributed by atoms with Crippen LogP contribution in [0.2, 0.25) is 0 Å². The van der Waals surface area contributed by atoms with Gasteiger partial charge in [0.05, 0.1) is 11.0 Å². The van der Waals surface area contributed by atoms with Crippen LogP contribution in [0.1, 0.15) is 25.2 Å². The van der Waals surface area contributed by atoms with Gasteiger partial charge in [-0.05, 0) is 37.6 Å². The van der Waals surface area contributed by atoms with Crippen LogP contribution in [0.15, 0.2) is 48.5 Å². The average Bonchev–Trinajstić information content (AvgIpc) is 2.83. The highest BCUT2D eigenvalue weighted by molar-refractivity contribution is 5.79. The number of benzene rings is 2. The molecular formula is C16H17N3. The van der Waals surface area contributed by atoms with Gasteiger partial charge in [0.2, 0.25) is 0 Å². The van der Waals surface area contributed by atoms with Crippen LogP contribution in [0.25, 0.3) is 11.0 Å². The number of aromatic nitrogens is 2. The van der Waals surface area contributed by atoms with Gasteiger partial charge in [-0.25, -0.2) is 4.98 Å². The van der Waals surface area contributed by atoms with Crippen LogP contribution in [0, 0.1) is 0 Å². The highest BCUT2D eigenvalue weighted by Gasteiger charge is 2.26. The number of H-pyrrole nitrogens is 1. The van der Waals surface area contributed by atoms with Crippen molar-refractivity contribution < 1.29 is 0 Å². The van der Waals surface area contributed by atoms with Crippen LogP contribution >= 0.6 is 0 Å². The zero-order valence-corrected chi connectivity index (χ0v) is 11.1. The fourth-order valence-corrected chi connectivity index (χ4v) is 2.31. The summed E-state index contributed by atoms with van der Waals surface area (Å²) in [6.07, 6.45) is 0. The van der Waals surface area contributed by atoms with Crippen LogP contribution in [-0.4, -0.2) is 9.97 Å². The molecule has 0 unspecified atom stereocenters. The summed E-state index contributed by atoms with van der Waals surface area (Å²) < 4.78 is 0. The van der Waals surface area contributed by atoms with Crippen molar-refractivity contribution in [1.29, 1.82) is 0 Å². The molecule has 3 aromatic rings. The smallest absolute Gasteiger partial charge is 0.117 e. The van der Waals surface area contributed by atoms with Gasteiger partial charge in [0.1, 0.15) is 5.82 Å². The van der Waals surface area contributed by atoms with Crippen LogP contribution in [0.5, 0.6) is 0 Å². The number of aromatic amines is 1. The van der Waals surface area contributed by atoms with Gasteiger partial charge < -0.3 is 10.7 Å². The number of hydrogen-bond acceptors (Lipinski definition) is 2. The average molecular weight is 251 g/mol. The standard InChI is InChI=1S/C16H17N3/c1-16(2,11-6-4-3-5-7-11)15-18-13-9-8-12(17)10-14(13)19-15/h3-10H,17H2,1-2H3,(H,18,19). The summed E-state index contributed by atoms with van der Waals surface area (Å²) in [4.78, 5) is 8.07. The molecule has 96 valence electrons. The minimum Gasteiger partial charge on any atom is -0.399 e. The summed E-state index contributed by atoms with van der Waals surface area (Å²) >= 11 is 0. The van der Waals surface area contributed by atoms with Gasteiger partial charge in [0, 0.05) is 11.1 Å². The van der Waals surface area contributed by atoms with E-state index in [4.69, 9.17) is 10.7 Å². The molecule has 3 heteroatoms. The molecule has 2 aromatic carbocycles. The predicted octanol–water partition coefficient (Wildman–Crippen LogP) is 3.47. The molecule has 0 atom stereocenters. The van der Waals surface area contributed by atoms with Gasteiger partial charge in [0.15, 0.2) is 0 Å². The highest BCUT2D eigenvalue weighted by Crippen LogP contribution is 2.30. The fraction of sp³-hybridized carbons (Fsp3) is 0.188. The first-order chi connectivity index (χ1) is 9.07. The molecule has 0 fully saturated rings. The third-order valence-corrected chi connectivity index (χ3v) is 3.59. The summed E-state index contributed by atoms with van der Waals surface area (Å²) in [6, 6.07) is 16.1. The molecular weight excluding hydrogens is 234 g/mol. The zero-order valence-electron chi connectivity index (χ0n) is 11.1. The van der Waals surface area contributed by atoms with Crippen LogP contribution in [0.4, 0.5) is 5.69 Å². The largest absolute Gasteiger partial charge is 0.399 e. The molecule has 19 heavy (non-hydrogen) atoms. The number of nitrogen functional groups attached to an aromatic ring is 1. The van der Waals surface area contributed by atoms with Crippen LogP contribution in [-0.2, 0) is 5.41 Å². The van der Waals surface area contributed by atoms with Crippen molar-refractivity contribution in [3.63, 3.8) is 0 Å². The molecule has 3 nitrogen and oxygen atoms in total. The van der Waals surface area contributed by atoms with E-state index in [1.807, 2.05) is 24.3 Å². The van der Waals surface area contributed by atoms with E-state index in [1.165, 1.54) is 5.56 Å². The Hall–Kier alpha value is -2.29. The molecule has 0 aliphatic rings. The number of rotatable bonds is 2. The normalized spacial score (nSPS) is 11.9. The number of nitrogens with one attached hydrogen (secondary N) is 1. The Bertz CT molecular complexity index is 711. The Morgan fingerprint density at radius 1 is 1.05 bits per heavy atom. The van der Waals surface area contributed by atoms with Gasteiger partial charge in [0.25, 0.3) is 0 Å². The Morgan fingerprint density at radius 3 is 2.53 bits per heavy atom. The summed E-state index contributed by atoms with van der Waals surface area (Å²) in [6.45, 7) is 4.34. The van der Waals surface area contributed by atoms with Gasteiger partial charge in [-0.1, -0.05) is 30.3 Å².